The lowest BCUT2D eigenvalue weighted by Gasteiger charge is -2.33. The highest BCUT2D eigenvalue weighted by molar-refractivity contribution is 14.0. The third-order valence-electron chi connectivity index (χ3n) is 3.97. The number of ether oxygens (including phenoxy) is 1. The van der Waals surface area contributed by atoms with Crippen LogP contribution in [0.5, 0.6) is 0 Å². The lowest BCUT2D eigenvalue weighted by Crippen LogP contribution is -2.46. The molecule has 1 aliphatic heterocycles. The number of likely N-dealkylation sites (tertiary alicyclic amines) is 1. The maximum absolute atomic E-state index is 5.64. The van der Waals surface area contributed by atoms with Crippen molar-refractivity contribution in [1.82, 2.24) is 10.2 Å². The summed E-state index contributed by atoms with van der Waals surface area (Å²) in [6.07, 6.45) is 6.44. The van der Waals surface area contributed by atoms with Gasteiger partial charge in [-0.1, -0.05) is 6.92 Å². The molecule has 1 saturated carbocycles. The molecule has 2 fully saturated rings. The lowest BCUT2D eigenvalue weighted by atomic mass is 10.0. The fourth-order valence-electron chi connectivity index (χ4n) is 2.62. The van der Waals surface area contributed by atoms with Crippen LogP contribution in [0.25, 0.3) is 0 Å². The Hall–Kier alpha value is -0.0400. The molecule has 0 amide bonds. The Labute approximate surface area is 140 Å². The van der Waals surface area contributed by atoms with Gasteiger partial charge >= 0.3 is 0 Å². The fraction of sp³-hybridized carbons (Fsp3) is 0.933. The summed E-state index contributed by atoms with van der Waals surface area (Å²) in [5.41, 5.74) is 0. The van der Waals surface area contributed by atoms with E-state index < -0.39 is 0 Å². The van der Waals surface area contributed by atoms with Crippen molar-refractivity contribution < 1.29 is 4.74 Å². The van der Waals surface area contributed by atoms with Crippen LogP contribution in [-0.2, 0) is 4.74 Å². The monoisotopic (exact) mass is 395 g/mol. The van der Waals surface area contributed by atoms with E-state index in [1.54, 1.807) is 0 Å². The molecule has 2 rings (SSSR count). The van der Waals surface area contributed by atoms with Gasteiger partial charge in [-0.05, 0) is 43.9 Å². The van der Waals surface area contributed by atoms with Crippen LogP contribution in [0.2, 0.25) is 0 Å². The van der Waals surface area contributed by atoms with Crippen LogP contribution in [0, 0.1) is 11.8 Å². The van der Waals surface area contributed by atoms with Gasteiger partial charge in [0, 0.05) is 39.9 Å². The highest BCUT2D eigenvalue weighted by Crippen LogP contribution is 2.28. The zero-order valence-corrected chi connectivity index (χ0v) is 15.3. The van der Waals surface area contributed by atoms with E-state index in [1.165, 1.54) is 25.7 Å². The van der Waals surface area contributed by atoms with Crippen molar-refractivity contribution in [3.8, 4) is 0 Å². The van der Waals surface area contributed by atoms with E-state index in [0.29, 0.717) is 0 Å². The maximum atomic E-state index is 5.64. The molecule has 2 aliphatic rings. The molecule has 0 aromatic rings. The van der Waals surface area contributed by atoms with Crippen LogP contribution in [0.15, 0.2) is 4.99 Å². The Morgan fingerprint density at radius 2 is 2.15 bits per heavy atom. The van der Waals surface area contributed by atoms with Crippen molar-refractivity contribution in [3.05, 3.63) is 0 Å². The average molecular weight is 395 g/mol. The van der Waals surface area contributed by atoms with E-state index in [4.69, 9.17) is 4.74 Å². The van der Waals surface area contributed by atoms with Crippen LogP contribution in [0.4, 0.5) is 0 Å². The summed E-state index contributed by atoms with van der Waals surface area (Å²) >= 11 is 0. The summed E-state index contributed by atoms with van der Waals surface area (Å²) in [6, 6.07) is 0. The second kappa shape index (κ2) is 9.82. The summed E-state index contributed by atoms with van der Waals surface area (Å²) in [5.74, 6) is 2.72. The molecule has 20 heavy (non-hydrogen) atoms. The summed E-state index contributed by atoms with van der Waals surface area (Å²) < 4.78 is 5.64. The van der Waals surface area contributed by atoms with Gasteiger partial charge in [0.05, 0.1) is 0 Å². The second-order valence-electron chi connectivity index (χ2n) is 6.04. The quantitative estimate of drug-likeness (QED) is 0.325. The van der Waals surface area contributed by atoms with Gasteiger partial charge in [0.15, 0.2) is 5.96 Å². The number of hydrogen-bond donors (Lipinski definition) is 1. The van der Waals surface area contributed by atoms with Gasteiger partial charge in [0.25, 0.3) is 0 Å². The van der Waals surface area contributed by atoms with Crippen molar-refractivity contribution in [1.29, 1.82) is 0 Å². The van der Waals surface area contributed by atoms with Crippen molar-refractivity contribution in [2.24, 2.45) is 16.8 Å². The molecule has 0 aromatic carbocycles. The van der Waals surface area contributed by atoms with Gasteiger partial charge in [0.1, 0.15) is 0 Å². The Morgan fingerprint density at radius 3 is 2.80 bits per heavy atom. The predicted molar refractivity (Wildman–Crippen MR) is 94.9 cm³/mol. The third-order valence-corrected chi connectivity index (χ3v) is 3.97. The van der Waals surface area contributed by atoms with Crippen molar-refractivity contribution >= 4 is 29.9 Å². The SMILES string of the molecule is CN=C(NCCCOCC1CC1)N1CCCC(C)C1.I. The van der Waals surface area contributed by atoms with E-state index in [9.17, 15) is 0 Å². The van der Waals surface area contributed by atoms with Crippen molar-refractivity contribution in [3.63, 3.8) is 0 Å². The highest BCUT2D eigenvalue weighted by atomic mass is 127. The average Bonchev–Trinajstić information content (AvgIpc) is 3.22. The standard InChI is InChI=1S/C15H29N3O.HI/c1-13-5-3-9-18(11-13)15(16-2)17-8-4-10-19-12-14-6-7-14;/h13-14H,3-12H2,1-2H3,(H,16,17);1H. The van der Waals surface area contributed by atoms with E-state index in [1.807, 2.05) is 7.05 Å². The Balaban J connectivity index is 0.00000200. The number of rotatable bonds is 6. The largest absolute Gasteiger partial charge is 0.381 e. The van der Waals surface area contributed by atoms with Crippen molar-refractivity contribution in [2.45, 2.75) is 39.0 Å². The first-order valence-corrected chi connectivity index (χ1v) is 7.83. The summed E-state index contributed by atoms with van der Waals surface area (Å²) in [4.78, 5) is 6.78. The Kier molecular flexibility index (Phi) is 8.84. The molecule has 5 heteroatoms. The summed E-state index contributed by atoms with van der Waals surface area (Å²) in [5, 5.41) is 3.46. The van der Waals surface area contributed by atoms with Crippen LogP contribution < -0.4 is 5.32 Å². The van der Waals surface area contributed by atoms with E-state index in [2.05, 4.69) is 22.1 Å². The van der Waals surface area contributed by atoms with Gasteiger partial charge in [0.2, 0.25) is 0 Å². The molecule has 0 spiro atoms. The number of nitrogens with zero attached hydrogens (tertiary/aromatic N) is 2. The Morgan fingerprint density at radius 1 is 1.35 bits per heavy atom. The molecule has 1 heterocycles. The molecule has 0 bridgehead atoms. The minimum absolute atomic E-state index is 0. The molecule has 1 N–H and O–H groups in total. The molecule has 1 aliphatic carbocycles. The first kappa shape index (κ1) is 18.0. The molecule has 4 nitrogen and oxygen atoms in total. The zero-order valence-electron chi connectivity index (χ0n) is 12.9. The highest BCUT2D eigenvalue weighted by Gasteiger charge is 2.21. The molecule has 0 aromatic heterocycles. The molecule has 1 atom stereocenters. The van der Waals surface area contributed by atoms with E-state index >= 15 is 0 Å². The van der Waals surface area contributed by atoms with Gasteiger partial charge in [-0.25, -0.2) is 0 Å². The third kappa shape index (κ3) is 6.61. The van der Waals surface area contributed by atoms with Gasteiger partial charge in [-0.2, -0.15) is 0 Å². The molecular formula is C15H30IN3O. The lowest BCUT2D eigenvalue weighted by molar-refractivity contribution is 0.122. The smallest absolute Gasteiger partial charge is 0.193 e. The van der Waals surface area contributed by atoms with Gasteiger partial charge < -0.3 is 15.0 Å². The predicted octanol–water partition coefficient (Wildman–Crippen LogP) is 2.73. The van der Waals surface area contributed by atoms with Crippen LogP contribution in [-0.4, -0.2) is 50.8 Å². The van der Waals surface area contributed by atoms with Gasteiger partial charge in [-0.3, -0.25) is 4.99 Å². The van der Waals surface area contributed by atoms with Crippen LogP contribution in [0.3, 0.4) is 0 Å². The number of aliphatic imine (C=N–C) groups is 1. The molecule has 0 radical (unpaired) electrons. The number of halogens is 1. The summed E-state index contributed by atoms with van der Waals surface area (Å²) in [6.45, 7) is 7.41. The first-order chi connectivity index (χ1) is 9.29. The van der Waals surface area contributed by atoms with Gasteiger partial charge in [-0.15, -0.1) is 24.0 Å². The summed E-state index contributed by atoms with van der Waals surface area (Å²) in [7, 11) is 1.88. The zero-order chi connectivity index (χ0) is 13.5. The second-order valence-corrected chi connectivity index (χ2v) is 6.04. The number of hydrogen-bond acceptors (Lipinski definition) is 2. The molecule has 118 valence electrons. The number of guanidine groups is 1. The maximum Gasteiger partial charge on any atom is 0.193 e. The minimum atomic E-state index is 0. The minimum Gasteiger partial charge on any atom is -0.381 e. The number of nitrogens with one attached hydrogen (secondary N) is 1. The first-order valence-electron chi connectivity index (χ1n) is 7.83. The van der Waals surface area contributed by atoms with Crippen LogP contribution in [0.1, 0.15) is 39.0 Å². The van der Waals surface area contributed by atoms with E-state index in [0.717, 1.165) is 57.1 Å². The number of piperidine rings is 1. The molecule has 1 unspecified atom stereocenters. The molecular weight excluding hydrogens is 365 g/mol. The van der Waals surface area contributed by atoms with E-state index in [-0.39, 0.29) is 24.0 Å². The Bertz CT molecular complexity index is 295. The van der Waals surface area contributed by atoms with Crippen molar-refractivity contribution in [2.75, 3.05) is 39.9 Å². The molecule has 1 saturated heterocycles. The van der Waals surface area contributed by atoms with Crippen LogP contribution >= 0.6 is 24.0 Å². The normalized spacial score (nSPS) is 23.4. The topological polar surface area (TPSA) is 36.9 Å². The fourth-order valence-corrected chi connectivity index (χ4v) is 2.62.